The lowest BCUT2D eigenvalue weighted by atomic mass is 9.82. The van der Waals surface area contributed by atoms with Crippen molar-refractivity contribution < 1.29 is 9.18 Å². The largest absolute Gasteiger partial charge is 0.294 e. The summed E-state index contributed by atoms with van der Waals surface area (Å²) in [4.78, 5) is 12.5. The minimum atomic E-state index is -0.306. The van der Waals surface area contributed by atoms with Crippen LogP contribution in [0.25, 0.3) is 0 Å². The van der Waals surface area contributed by atoms with Gasteiger partial charge in [0.2, 0.25) is 0 Å². The van der Waals surface area contributed by atoms with E-state index in [2.05, 4.69) is 20.8 Å². The van der Waals surface area contributed by atoms with Crippen LogP contribution in [0.4, 0.5) is 4.39 Å². The number of hydrogen-bond acceptors (Lipinski definition) is 1. The van der Waals surface area contributed by atoms with Crippen molar-refractivity contribution in [1.29, 1.82) is 0 Å². The highest BCUT2D eigenvalue weighted by molar-refractivity contribution is 5.99. The molecule has 0 bridgehead atoms. The molecule has 0 aliphatic heterocycles. The number of rotatable bonds is 3. The molecule has 2 heteroatoms. The molecule has 0 N–H and O–H groups in total. The minimum absolute atomic E-state index is 0.0288. The first-order valence-corrected chi connectivity index (χ1v) is 6.75. The van der Waals surface area contributed by atoms with Crippen molar-refractivity contribution >= 4 is 5.78 Å². The summed E-state index contributed by atoms with van der Waals surface area (Å²) in [5, 5.41) is 0. The van der Waals surface area contributed by atoms with Crippen LogP contribution < -0.4 is 0 Å². The molecule has 0 heterocycles. The highest BCUT2D eigenvalue weighted by atomic mass is 19.1. The molecule has 0 radical (unpaired) electrons. The van der Waals surface area contributed by atoms with Gasteiger partial charge in [-0.3, -0.25) is 4.79 Å². The molecule has 0 amide bonds. The summed E-state index contributed by atoms with van der Waals surface area (Å²) in [6.45, 7) is 6.25. The molecule has 0 aliphatic carbocycles. The molecule has 20 heavy (non-hydrogen) atoms. The second-order valence-electron chi connectivity index (χ2n) is 6.03. The Labute approximate surface area is 119 Å². The monoisotopic (exact) mass is 270 g/mol. The predicted molar refractivity (Wildman–Crippen MR) is 79.6 cm³/mol. The molecule has 0 atom stereocenters. The van der Waals surface area contributed by atoms with Gasteiger partial charge in [-0.15, -0.1) is 0 Å². The van der Waals surface area contributed by atoms with Crippen molar-refractivity contribution in [2.24, 2.45) is 0 Å². The summed E-state index contributed by atoms with van der Waals surface area (Å²) in [6.07, 6.45) is 0.227. The SMILES string of the molecule is CC(C)(C)c1ccccc1C(=O)Cc1cccc(F)c1. The predicted octanol–water partition coefficient (Wildman–Crippen LogP) is 4.55. The van der Waals surface area contributed by atoms with Crippen LogP contribution in [0.5, 0.6) is 0 Å². The lowest BCUT2D eigenvalue weighted by molar-refractivity contribution is 0.0991. The Morgan fingerprint density at radius 1 is 1.05 bits per heavy atom. The number of hydrogen-bond donors (Lipinski definition) is 0. The third-order valence-corrected chi connectivity index (χ3v) is 3.29. The molecular formula is C18H19FO. The lowest BCUT2D eigenvalue weighted by Crippen LogP contribution is -2.17. The zero-order valence-corrected chi connectivity index (χ0v) is 12.1. The van der Waals surface area contributed by atoms with Crippen LogP contribution in [0.15, 0.2) is 48.5 Å². The van der Waals surface area contributed by atoms with E-state index in [1.165, 1.54) is 12.1 Å². The molecule has 0 unspecified atom stereocenters. The van der Waals surface area contributed by atoms with Crippen molar-refractivity contribution in [1.82, 2.24) is 0 Å². The minimum Gasteiger partial charge on any atom is -0.294 e. The fourth-order valence-corrected chi connectivity index (χ4v) is 2.31. The zero-order valence-electron chi connectivity index (χ0n) is 12.1. The first kappa shape index (κ1) is 14.4. The molecule has 0 fully saturated rings. The first-order valence-electron chi connectivity index (χ1n) is 6.75. The van der Waals surface area contributed by atoms with Gasteiger partial charge in [-0.05, 0) is 28.7 Å². The maximum atomic E-state index is 13.2. The summed E-state index contributed by atoms with van der Waals surface area (Å²) in [5.41, 5.74) is 2.37. The third kappa shape index (κ3) is 3.32. The van der Waals surface area contributed by atoms with E-state index in [-0.39, 0.29) is 23.4 Å². The smallest absolute Gasteiger partial charge is 0.167 e. The molecule has 0 aliphatic rings. The summed E-state index contributed by atoms with van der Waals surface area (Å²) in [6, 6.07) is 13.9. The second-order valence-corrected chi connectivity index (χ2v) is 6.03. The lowest BCUT2D eigenvalue weighted by Gasteiger charge is -2.22. The van der Waals surface area contributed by atoms with Gasteiger partial charge in [0.1, 0.15) is 5.82 Å². The molecule has 0 saturated carbocycles. The van der Waals surface area contributed by atoms with Crippen LogP contribution >= 0.6 is 0 Å². The van der Waals surface area contributed by atoms with Crippen LogP contribution in [0.2, 0.25) is 0 Å². The van der Waals surface area contributed by atoms with Crippen molar-refractivity contribution in [2.45, 2.75) is 32.6 Å². The summed E-state index contributed by atoms with van der Waals surface area (Å²) >= 11 is 0. The van der Waals surface area contributed by atoms with Crippen LogP contribution in [-0.4, -0.2) is 5.78 Å². The van der Waals surface area contributed by atoms with Gasteiger partial charge in [0.25, 0.3) is 0 Å². The van der Waals surface area contributed by atoms with E-state index in [0.717, 1.165) is 11.1 Å². The summed E-state index contributed by atoms with van der Waals surface area (Å²) in [7, 11) is 0. The maximum Gasteiger partial charge on any atom is 0.167 e. The fraction of sp³-hybridized carbons (Fsp3) is 0.278. The Hall–Kier alpha value is -1.96. The van der Waals surface area contributed by atoms with E-state index >= 15 is 0 Å². The number of carbonyl (C=O) groups excluding carboxylic acids is 1. The number of carbonyl (C=O) groups is 1. The van der Waals surface area contributed by atoms with Crippen LogP contribution in [-0.2, 0) is 11.8 Å². The molecule has 2 rings (SSSR count). The van der Waals surface area contributed by atoms with Crippen molar-refractivity contribution in [3.8, 4) is 0 Å². The quantitative estimate of drug-likeness (QED) is 0.748. The average molecular weight is 270 g/mol. The highest BCUT2D eigenvalue weighted by Gasteiger charge is 2.21. The molecule has 1 nitrogen and oxygen atoms in total. The fourth-order valence-electron chi connectivity index (χ4n) is 2.31. The van der Waals surface area contributed by atoms with Crippen molar-refractivity contribution in [2.75, 3.05) is 0 Å². The van der Waals surface area contributed by atoms with Crippen LogP contribution in [0.3, 0.4) is 0 Å². The van der Waals surface area contributed by atoms with Crippen LogP contribution in [0, 0.1) is 5.82 Å². The van der Waals surface area contributed by atoms with E-state index in [1.807, 2.05) is 24.3 Å². The first-order chi connectivity index (χ1) is 9.38. The molecule has 2 aromatic rings. The molecular weight excluding hydrogens is 251 g/mol. The van der Waals surface area contributed by atoms with Gasteiger partial charge < -0.3 is 0 Å². The van der Waals surface area contributed by atoms with Crippen molar-refractivity contribution in [3.05, 3.63) is 71.0 Å². The second kappa shape index (κ2) is 5.58. The number of Topliss-reactive ketones (excluding diaryl/α,β-unsaturated/α-hetero) is 1. The number of benzene rings is 2. The van der Waals surface area contributed by atoms with E-state index in [0.29, 0.717) is 5.56 Å². The van der Waals surface area contributed by atoms with E-state index < -0.39 is 0 Å². The molecule has 104 valence electrons. The van der Waals surface area contributed by atoms with Gasteiger partial charge in [0.15, 0.2) is 5.78 Å². The molecule has 2 aromatic carbocycles. The van der Waals surface area contributed by atoms with Gasteiger partial charge in [-0.25, -0.2) is 4.39 Å². The van der Waals surface area contributed by atoms with Gasteiger partial charge in [0, 0.05) is 12.0 Å². The van der Waals surface area contributed by atoms with E-state index in [9.17, 15) is 9.18 Å². The Morgan fingerprint density at radius 3 is 2.40 bits per heavy atom. The van der Waals surface area contributed by atoms with Gasteiger partial charge in [-0.1, -0.05) is 57.2 Å². The number of halogens is 1. The normalized spacial score (nSPS) is 11.4. The molecule has 0 saturated heterocycles. The van der Waals surface area contributed by atoms with Crippen LogP contribution in [0.1, 0.15) is 42.3 Å². The Bertz CT molecular complexity index is 623. The van der Waals surface area contributed by atoms with Crippen molar-refractivity contribution in [3.63, 3.8) is 0 Å². The summed E-state index contributed by atoms with van der Waals surface area (Å²) in [5.74, 6) is -0.277. The van der Waals surface area contributed by atoms with E-state index in [1.54, 1.807) is 12.1 Å². The van der Waals surface area contributed by atoms with Gasteiger partial charge >= 0.3 is 0 Å². The maximum absolute atomic E-state index is 13.2. The highest BCUT2D eigenvalue weighted by Crippen LogP contribution is 2.26. The van der Waals surface area contributed by atoms with Gasteiger partial charge in [-0.2, -0.15) is 0 Å². The third-order valence-electron chi connectivity index (χ3n) is 3.29. The Balaban J connectivity index is 2.31. The Morgan fingerprint density at radius 2 is 1.75 bits per heavy atom. The molecule has 0 aromatic heterocycles. The van der Waals surface area contributed by atoms with E-state index in [4.69, 9.17) is 0 Å². The van der Waals surface area contributed by atoms with Gasteiger partial charge in [0.05, 0.1) is 0 Å². The standard InChI is InChI=1S/C18H19FO/c1-18(2,3)16-10-5-4-9-15(16)17(20)12-13-7-6-8-14(19)11-13/h4-11H,12H2,1-3H3. The summed E-state index contributed by atoms with van der Waals surface area (Å²) < 4.78 is 13.2. The zero-order chi connectivity index (χ0) is 14.8. The molecule has 0 spiro atoms. The Kier molecular flexibility index (Phi) is 4.03. The topological polar surface area (TPSA) is 17.1 Å². The average Bonchev–Trinajstić information content (AvgIpc) is 2.37. The number of ketones is 1.